The topological polar surface area (TPSA) is 125 Å². The minimum Gasteiger partial charge on any atom is -0.216 e. The van der Waals surface area contributed by atoms with Gasteiger partial charge in [-0.1, -0.05) is 6.07 Å². The Labute approximate surface area is 123 Å². The second kappa shape index (κ2) is 5.70. The zero-order chi connectivity index (χ0) is 15.7. The Hall–Kier alpha value is -1.51. The fraction of sp³-hybridized carbons (Fsp3) is 0.364. The summed E-state index contributed by atoms with van der Waals surface area (Å²) in [6, 6.07) is 7.58. The molecule has 2 N–H and O–H groups in total. The maximum Gasteiger partial charge on any atom is 0.276 e. The quantitative estimate of drug-likeness (QED) is 0.766. The highest BCUT2D eigenvalue weighted by Crippen LogP contribution is 2.19. The minimum absolute atomic E-state index is 0.00992. The van der Waals surface area contributed by atoms with Crippen LogP contribution in [0.15, 0.2) is 29.2 Å². The molecular formula is C11H14N4O4S2. The van der Waals surface area contributed by atoms with Crippen LogP contribution in [0.25, 0.3) is 0 Å². The van der Waals surface area contributed by atoms with Crippen LogP contribution in [0.5, 0.6) is 0 Å². The summed E-state index contributed by atoms with van der Waals surface area (Å²) in [4.78, 5) is 0.0191. The summed E-state index contributed by atoms with van der Waals surface area (Å²) in [7, 11) is -7.54. The molecule has 0 aliphatic carbocycles. The second-order valence-corrected chi connectivity index (χ2v) is 7.97. The second-order valence-electron chi connectivity index (χ2n) is 4.49. The number of nitrogens with two attached hydrogens (primary N) is 1. The normalized spacial score (nSPS) is 18.3. The Kier molecular flexibility index (Phi) is 4.31. The molecule has 1 aromatic rings. The molecule has 0 saturated carbocycles. The standard InChI is InChI=1S/C11H14N4O4S2/c12-9-10-2-1-3-11(8-10)20(16,17)14-4-6-15(7-5-14)21(13,18)19/h1-3,8H,4-7H2,(H2,13,18,19). The molecular weight excluding hydrogens is 316 g/mol. The van der Waals surface area contributed by atoms with Gasteiger partial charge in [0.25, 0.3) is 10.2 Å². The lowest BCUT2D eigenvalue weighted by Gasteiger charge is -2.32. The van der Waals surface area contributed by atoms with Crippen molar-refractivity contribution in [3.8, 4) is 6.07 Å². The van der Waals surface area contributed by atoms with Gasteiger partial charge in [0, 0.05) is 26.2 Å². The van der Waals surface area contributed by atoms with Crippen LogP contribution in [-0.4, -0.2) is 51.6 Å². The molecule has 0 unspecified atom stereocenters. The van der Waals surface area contributed by atoms with Gasteiger partial charge in [0.1, 0.15) is 0 Å². The zero-order valence-electron chi connectivity index (χ0n) is 11.0. The summed E-state index contributed by atoms with van der Waals surface area (Å²) in [6.45, 7) is 0.0666. The first-order chi connectivity index (χ1) is 9.75. The molecule has 8 nitrogen and oxygen atoms in total. The highest BCUT2D eigenvalue weighted by Gasteiger charge is 2.31. The van der Waals surface area contributed by atoms with E-state index in [4.69, 9.17) is 10.4 Å². The smallest absolute Gasteiger partial charge is 0.216 e. The van der Waals surface area contributed by atoms with E-state index in [1.54, 1.807) is 0 Å². The van der Waals surface area contributed by atoms with Crippen LogP contribution >= 0.6 is 0 Å². The van der Waals surface area contributed by atoms with Crippen LogP contribution in [0, 0.1) is 11.3 Å². The fourth-order valence-electron chi connectivity index (χ4n) is 2.04. The SMILES string of the molecule is N#Cc1cccc(S(=O)(=O)N2CCN(S(N)(=O)=O)CC2)c1. The molecule has 1 heterocycles. The molecule has 0 radical (unpaired) electrons. The van der Waals surface area contributed by atoms with E-state index in [2.05, 4.69) is 0 Å². The van der Waals surface area contributed by atoms with Gasteiger partial charge < -0.3 is 0 Å². The van der Waals surface area contributed by atoms with Crippen molar-refractivity contribution in [3.63, 3.8) is 0 Å². The molecule has 0 aromatic heterocycles. The molecule has 0 amide bonds. The van der Waals surface area contributed by atoms with E-state index in [9.17, 15) is 16.8 Å². The van der Waals surface area contributed by atoms with Crippen LogP contribution in [-0.2, 0) is 20.2 Å². The van der Waals surface area contributed by atoms with Gasteiger partial charge in [0.2, 0.25) is 10.0 Å². The lowest BCUT2D eigenvalue weighted by Crippen LogP contribution is -2.52. The van der Waals surface area contributed by atoms with Gasteiger partial charge in [-0.05, 0) is 18.2 Å². The van der Waals surface area contributed by atoms with E-state index < -0.39 is 20.2 Å². The number of hydrogen-bond acceptors (Lipinski definition) is 5. The summed E-state index contributed by atoms with van der Waals surface area (Å²) >= 11 is 0. The monoisotopic (exact) mass is 330 g/mol. The van der Waals surface area contributed by atoms with Crippen molar-refractivity contribution in [2.45, 2.75) is 4.90 Å². The molecule has 21 heavy (non-hydrogen) atoms. The summed E-state index contributed by atoms with van der Waals surface area (Å²) in [5, 5.41) is 13.8. The first-order valence-electron chi connectivity index (χ1n) is 6.03. The van der Waals surface area contributed by atoms with Gasteiger partial charge in [-0.2, -0.15) is 22.3 Å². The predicted octanol–water partition coefficient (Wildman–Crippen LogP) is -0.932. The number of sulfonamides is 1. The molecule has 0 atom stereocenters. The lowest BCUT2D eigenvalue weighted by molar-refractivity contribution is 0.273. The Bertz CT molecular complexity index is 775. The minimum atomic E-state index is -3.80. The van der Waals surface area contributed by atoms with Crippen molar-refractivity contribution < 1.29 is 16.8 Å². The molecule has 1 aromatic carbocycles. The number of nitriles is 1. The van der Waals surface area contributed by atoms with Crippen molar-refractivity contribution in [1.29, 1.82) is 5.26 Å². The van der Waals surface area contributed by atoms with E-state index in [1.165, 1.54) is 28.6 Å². The Balaban J connectivity index is 2.21. The number of rotatable bonds is 3. The molecule has 1 saturated heterocycles. The predicted molar refractivity (Wildman–Crippen MR) is 74.6 cm³/mol. The molecule has 2 rings (SSSR count). The first kappa shape index (κ1) is 15.9. The van der Waals surface area contributed by atoms with Crippen LogP contribution in [0.1, 0.15) is 5.56 Å². The molecule has 1 fully saturated rings. The Morgan fingerprint density at radius 2 is 1.62 bits per heavy atom. The largest absolute Gasteiger partial charge is 0.276 e. The molecule has 114 valence electrons. The first-order valence-corrected chi connectivity index (χ1v) is 8.97. The van der Waals surface area contributed by atoms with E-state index in [-0.39, 0.29) is 36.6 Å². The zero-order valence-corrected chi connectivity index (χ0v) is 12.6. The summed E-state index contributed by atoms with van der Waals surface area (Å²) in [5.41, 5.74) is 0.249. The highest BCUT2D eigenvalue weighted by molar-refractivity contribution is 7.89. The van der Waals surface area contributed by atoms with Gasteiger partial charge in [-0.3, -0.25) is 0 Å². The van der Waals surface area contributed by atoms with Crippen molar-refractivity contribution in [1.82, 2.24) is 8.61 Å². The van der Waals surface area contributed by atoms with Crippen LogP contribution in [0.2, 0.25) is 0 Å². The maximum absolute atomic E-state index is 12.4. The Morgan fingerprint density at radius 1 is 1.05 bits per heavy atom. The van der Waals surface area contributed by atoms with Gasteiger partial charge in [0.15, 0.2) is 0 Å². The maximum atomic E-state index is 12.4. The molecule has 0 spiro atoms. The lowest BCUT2D eigenvalue weighted by atomic mass is 10.2. The number of piperazine rings is 1. The van der Waals surface area contributed by atoms with Gasteiger partial charge in [-0.25, -0.2) is 13.6 Å². The van der Waals surface area contributed by atoms with Crippen molar-refractivity contribution in [2.24, 2.45) is 5.14 Å². The fourth-order valence-corrected chi connectivity index (χ4v) is 4.18. The highest BCUT2D eigenvalue weighted by atomic mass is 32.2. The van der Waals surface area contributed by atoms with Crippen LogP contribution in [0.3, 0.4) is 0 Å². The number of hydrogen-bond donors (Lipinski definition) is 1. The number of benzene rings is 1. The van der Waals surface area contributed by atoms with E-state index >= 15 is 0 Å². The van der Waals surface area contributed by atoms with Crippen molar-refractivity contribution >= 4 is 20.2 Å². The third-order valence-corrected chi connectivity index (χ3v) is 6.14. The van der Waals surface area contributed by atoms with Crippen LogP contribution in [0.4, 0.5) is 0 Å². The molecule has 1 aliphatic heterocycles. The molecule has 10 heteroatoms. The Morgan fingerprint density at radius 3 is 2.14 bits per heavy atom. The third-order valence-electron chi connectivity index (χ3n) is 3.16. The van der Waals surface area contributed by atoms with Crippen LogP contribution < -0.4 is 5.14 Å². The van der Waals surface area contributed by atoms with Gasteiger partial charge >= 0.3 is 0 Å². The van der Waals surface area contributed by atoms with E-state index in [0.717, 1.165) is 4.31 Å². The molecule has 0 bridgehead atoms. The van der Waals surface area contributed by atoms with Gasteiger partial charge in [0.05, 0.1) is 16.5 Å². The third kappa shape index (κ3) is 3.39. The van der Waals surface area contributed by atoms with E-state index in [0.29, 0.717) is 0 Å². The summed E-state index contributed by atoms with van der Waals surface area (Å²) < 4.78 is 49.5. The van der Waals surface area contributed by atoms with Crippen molar-refractivity contribution in [3.05, 3.63) is 29.8 Å². The number of nitrogens with zero attached hydrogens (tertiary/aromatic N) is 3. The van der Waals surface area contributed by atoms with Crippen molar-refractivity contribution in [2.75, 3.05) is 26.2 Å². The average Bonchev–Trinajstić information content (AvgIpc) is 2.46. The average molecular weight is 330 g/mol. The van der Waals surface area contributed by atoms with Gasteiger partial charge in [-0.15, -0.1) is 0 Å². The van der Waals surface area contributed by atoms with E-state index in [1.807, 2.05) is 6.07 Å². The summed E-state index contributed by atoms with van der Waals surface area (Å²) in [5.74, 6) is 0. The molecule has 1 aliphatic rings. The summed E-state index contributed by atoms with van der Waals surface area (Å²) in [6.07, 6.45) is 0.